The fraction of sp³-hybridized carbons (Fsp3) is 0.281. The lowest BCUT2D eigenvalue weighted by Gasteiger charge is -2.42. The number of aromatic hydroxyl groups is 1. The lowest BCUT2D eigenvalue weighted by Crippen LogP contribution is -2.46. The summed E-state index contributed by atoms with van der Waals surface area (Å²) < 4.78 is 40.4. The second kappa shape index (κ2) is 11.1. The third kappa shape index (κ3) is 4.85. The minimum absolute atomic E-state index is 0.0292. The molecule has 0 saturated carbocycles. The zero-order valence-electron chi connectivity index (χ0n) is 23.6. The number of phenols is 1. The smallest absolute Gasteiger partial charge is 0.433 e. The maximum Gasteiger partial charge on any atom is 0.433 e. The highest BCUT2D eigenvalue weighted by Gasteiger charge is 2.58. The summed E-state index contributed by atoms with van der Waals surface area (Å²) in [6, 6.07) is 6.78. The average molecular weight is 703 g/mol. The molecule has 1 fully saturated rings. The highest BCUT2D eigenvalue weighted by Crippen LogP contribution is 2.56. The molecule has 0 unspecified atom stereocenters. The number of para-hydroxylation sites is 1. The van der Waals surface area contributed by atoms with Crippen LogP contribution in [0.2, 0.25) is 5.02 Å². The van der Waals surface area contributed by atoms with E-state index in [1.54, 1.807) is 30.4 Å². The Morgan fingerprint density at radius 1 is 1.16 bits per heavy atom. The summed E-state index contributed by atoms with van der Waals surface area (Å²) in [7, 11) is 1.23. The van der Waals surface area contributed by atoms with E-state index in [9.17, 15) is 37.5 Å². The molecule has 0 spiro atoms. The topological polar surface area (TPSA) is 108 Å². The number of benzene rings is 1. The monoisotopic (exact) mass is 701 g/mol. The molecular weight excluding hydrogens is 679 g/mol. The summed E-state index contributed by atoms with van der Waals surface area (Å²) in [5.41, 5.74) is 0.648. The number of allylic oxidation sites excluding steroid dienone is 7. The number of carbonyl (C=O) groups excluding carboxylic acids is 4. The first kappa shape index (κ1) is 31.0. The number of aromatic nitrogens is 1. The third-order valence-electron chi connectivity index (χ3n) is 8.86. The van der Waals surface area contributed by atoms with E-state index in [0.29, 0.717) is 29.2 Å². The number of anilines is 1. The quantitative estimate of drug-likeness (QED) is 0.231. The van der Waals surface area contributed by atoms with Crippen LogP contribution >= 0.6 is 27.5 Å². The predicted molar refractivity (Wildman–Crippen MR) is 161 cm³/mol. The Labute approximate surface area is 268 Å². The number of fused-ring (bicyclic) bond motifs is 3. The van der Waals surface area contributed by atoms with Crippen LogP contribution in [0, 0.1) is 17.8 Å². The maximum absolute atomic E-state index is 14.1. The molecule has 0 bridgehead atoms. The van der Waals surface area contributed by atoms with Gasteiger partial charge in [0.15, 0.2) is 17.4 Å². The van der Waals surface area contributed by atoms with E-state index in [-0.39, 0.29) is 39.2 Å². The number of imide groups is 1. The zero-order chi connectivity index (χ0) is 32.5. The number of amides is 2. The van der Waals surface area contributed by atoms with E-state index >= 15 is 0 Å². The molecule has 4 aliphatic rings. The average Bonchev–Trinajstić information content (AvgIpc) is 3.25. The van der Waals surface area contributed by atoms with E-state index in [0.717, 1.165) is 16.1 Å². The van der Waals surface area contributed by atoms with Gasteiger partial charge < -0.3 is 5.11 Å². The number of alkyl halides is 3. The lowest BCUT2D eigenvalue weighted by molar-refractivity contribution is -0.141. The predicted octanol–water partition coefficient (Wildman–Crippen LogP) is 6.00. The van der Waals surface area contributed by atoms with E-state index in [2.05, 4.69) is 27.5 Å². The summed E-state index contributed by atoms with van der Waals surface area (Å²) in [5.74, 6) is -6.24. The first-order chi connectivity index (χ1) is 21.3. The van der Waals surface area contributed by atoms with Crippen molar-refractivity contribution in [1.82, 2.24) is 9.99 Å². The van der Waals surface area contributed by atoms with Crippen LogP contribution in [0.1, 0.15) is 35.6 Å². The van der Waals surface area contributed by atoms with Crippen LogP contribution in [0.15, 0.2) is 76.3 Å². The highest BCUT2D eigenvalue weighted by atomic mass is 79.9. The lowest BCUT2D eigenvalue weighted by atomic mass is 9.59. The third-order valence-corrected chi connectivity index (χ3v) is 9.74. The largest absolute Gasteiger partial charge is 0.507 e. The summed E-state index contributed by atoms with van der Waals surface area (Å²) in [6.07, 6.45) is 0.182. The Morgan fingerprint density at radius 2 is 1.89 bits per heavy atom. The van der Waals surface area contributed by atoms with Gasteiger partial charge in [-0.15, -0.1) is 6.58 Å². The summed E-state index contributed by atoms with van der Waals surface area (Å²) in [5, 5.41) is 12.8. The molecule has 45 heavy (non-hydrogen) atoms. The van der Waals surface area contributed by atoms with Gasteiger partial charge in [-0.1, -0.05) is 47.5 Å². The number of Topliss-reactive ketones (excluding diaryl/α,β-unsaturated/α-hetero) is 1. The van der Waals surface area contributed by atoms with Gasteiger partial charge in [0.2, 0.25) is 0 Å². The number of rotatable bonds is 5. The van der Waals surface area contributed by atoms with Crippen molar-refractivity contribution in [2.75, 3.05) is 12.1 Å². The number of halogens is 5. The number of hydrazine groups is 1. The van der Waals surface area contributed by atoms with Crippen LogP contribution in [0.25, 0.3) is 0 Å². The molecule has 1 aliphatic heterocycles. The molecule has 0 radical (unpaired) electrons. The zero-order valence-corrected chi connectivity index (χ0v) is 25.9. The highest BCUT2D eigenvalue weighted by molar-refractivity contribution is 9.12. The van der Waals surface area contributed by atoms with Crippen molar-refractivity contribution in [3.8, 4) is 5.75 Å². The number of hydrogen-bond acceptors (Lipinski definition) is 7. The van der Waals surface area contributed by atoms with Crippen molar-refractivity contribution < 1.29 is 37.5 Å². The van der Waals surface area contributed by atoms with E-state index in [1.807, 2.05) is 0 Å². The van der Waals surface area contributed by atoms with Crippen LogP contribution < -0.4 is 5.01 Å². The molecular formula is C32H24BrClF3N3O5. The molecule has 6 rings (SSSR count). The van der Waals surface area contributed by atoms with Gasteiger partial charge in [-0.2, -0.15) is 18.2 Å². The minimum Gasteiger partial charge on any atom is -0.507 e. The molecule has 232 valence electrons. The molecule has 2 aromatic rings. The van der Waals surface area contributed by atoms with E-state index in [1.165, 1.54) is 13.1 Å². The molecule has 4 atom stereocenters. The van der Waals surface area contributed by atoms with Crippen molar-refractivity contribution in [2.45, 2.75) is 31.4 Å². The first-order valence-electron chi connectivity index (χ1n) is 13.9. The maximum atomic E-state index is 14.1. The Bertz CT molecular complexity index is 1820. The molecule has 2 heterocycles. The van der Waals surface area contributed by atoms with Gasteiger partial charge in [-0.3, -0.25) is 24.2 Å². The molecule has 3 aliphatic carbocycles. The van der Waals surface area contributed by atoms with Crippen molar-refractivity contribution in [2.24, 2.45) is 17.8 Å². The minimum atomic E-state index is -4.80. The fourth-order valence-electron chi connectivity index (χ4n) is 6.92. The molecule has 1 aromatic heterocycles. The second-order valence-corrected chi connectivity index (χ2v) is 12.5. The SMILES string of the molecule is C=CCc1cccc([C@H]2C3=CC[C@@H]4C(=O)N(N(C)c5nc(C(F)(F)F)ccc5Cl)C(=O)[C@@H]4[C@@H]3CC3=C2C(=O)C=C(Br)C3=O)c1O. The van der Waals surface area contributed by atoms with Gasteiger partial charge in [0.1, 0.15) is 11.4 Å². The van der Waals surface area contributed by atoms with Crippen LogP contribution in [0.3, 0.4) is 0 Å². The molecule has 1 aromatic carbocycles. The van der Waals surface area contributed by atoms with Crippen LogP contribution in [-0.4, -0.2) is 45.5 Å². The van der Waals surface area contributed by atoms with Crippen molar-refractivity contribution in [3.05, 3.63) is 98.2 Å². The second-order valence-electron chi connectivity index (χ2n) is 11.3. The Hall–Kier alpha value is -4.03. The molecule has 2 amide bonds. The normalized spacial score (nSPS) is 24.6. The molecule has 1 saturated heterocycles. The fourth-order valence-corrected chi connectivity index (χ4v) is 7.59. The van der Waals surface area contributed by atoms with Gasteiger partial charge in [-0.05, 0) is 58.8 Å². The van der Waals surface area contributed by atoms with E-state index in [4.69, 9.17) is 11.6 Å². The summed E-state index contributed by atoms with van der Waals surface area (Å²) >= 11 is 9.36. The number of nitrogens with zero attached hydrogens (tertiary/aromatic N) is 3. The van der Waals surface area contributed by atoms with Gasteiger partial charge in [0, 0.05) is 35.8 Å². The Morgan fingerprint density at radius 3 is 2.58 bits per heavy atom. The number of hydrogen-bond donors (Lipinski definition) is 1. The molecule has 8 nitrogen and oxygen atoms in total. The number of ketones is 2. The van der Waals surface area contributed by atoms with Crippen LogP contribution in [-0.2, 0) is 31.8 Å². The Kier molecular flexibility index (Phi) is 7.64. The van der Waals surface area contributed by atoms with Crippen molar-refractivity contribution in [3.63, 3.8) is 0 Å². The first-order valence-corrected chi connectivity index (χ1v) is 15.1. The number of pyridine rings is 1. The van der Waals surface area contributed by atoms with Gasteiger partial charge >= 0.3 is 6.18 Å². The van der Waals surface area contributed by atoms with Crippen molar-refractivity contribution >= 4 is 56.7 Å². The molecule has 1 N–H and O–H groups in total. The van der Waals surface area contributed by atoms with Crippen molar-refractivity contribution in [1.29, 1.82) is 0 Å². The van der Waals surface area contributed by atoms with Crippen LogP contribution in [0.5, 0.6) is 5.75 Å². The van der Waals surface area contributed by atoms with Gasteiger partial charge in [0.25, 0.3) is 11.8 Å². The molecule has 13 heteroatoms. The van der Waals surface area contributed by atoms with Gasteiger partial charge in [-0.25, -0.2) is 4.98 Å². The standard InChI is InChI=1S/C32H24BrClF3N3O5/c1-3-5-14-6-4-7-16(27(14)42)24-15-8-9-17-25(18(15)12-19-26(24)22(41)13-20(33)28(19)43)31(45)40(30(17)44)39(2)29-21(34)10-11-23(38-29)32(35,36)37/h3-4,6-8,10-11,13,17-18,24-25,42H,1,5,9,12H2,2H3/t17-,18+,24+,25-/m0/s1. The summed E-state index contributed by atoms with van der Waals surface area (Å²) in [4.78, 5) is 58.4. The number of phenolic OH excluding ortho intramolecular Hbond substituents is 1. The Balaban J connectivity index is 1.45. The van der Waals surface area contributed by atoms with E-state index < -0.39 is 64.7 Å². The van der Waals surface area contributed by atoms with Crippen LogP contribution in [0.4, 0.5) is 19.0 Å². The summed E-state index contributed by atoms with van der Waals surface area (Å²) in [6.45, 7) is 3.73. The van der Waals surface area contributed by atoms with Gasteiger partial charge in [0.05, 0.1) is 21.3 Å². The number of carbonyl (C=O) groups is 4.